The molecule has 0 aromatic carbocycles. The molecule has 0 saturated carbocycles. The number of aliphatic hydroxyl groups is 4. The van der Waals surface area contributed by atoms with Crippen LogP contribution in [0.15, 0.2) is 42.5 Å². The number of aliphatic hydroxyl groups excluding tert-OH is 4. The van der Waals surface area contributed by atoms with Gasteiger partial charge in [-0.25, -0.2) is 0 Å². The third kappa shape index (κ3) is 3.37. The highest BCUT2D eigenvalue weighted by Crippen LogP contribution is 2.27. The fourth-order valence-corrected chi connectivity index (χ4v) is 2.75. The summed E-state index contributed by atoms with van der Waals surface area (Å²) in [5, 5.41) is 38.6. The van der Waals surface area contributed by atoms with Gasteiger partial charge in [0.15, 0.2) is 6.29 Å². The van der Waals surface area contributed by atoms with Gasteiger partial charge in [-0.05, 0) is 28.8 Å². The minimum Gasteiger partial charge on any atom is -0.394 e. The lowest BCUT2D eigenvalue weighted by molar-refractivity contribution is -0.304. The summed E-state index contributed by atoms with van der Waals surface area (Å²) >= 11 is 0. The second kappa shape index (κ2) is 6.92. The fourth-order valence-electron chi connectivity index (χ4n) is 2.75. The lowest BCUT2D eigenvalue weighted by atomic mass is 9.99. The molecule has 6 heteroatoms. The summed E-state index contributed by atoms with van der Waals surface area (Å²) < 4.78 is 10.8. The normalized spacial score (nSPS) is 31.4. The molecular formula is C17H20O6. The Labute approximate surface area is 133 Å². The van der Waals surface area contributed by atoms with Gasteiger partial charge >= 0.3 is 0 Å². The van der Waals surface area contributed by atoms with Crippen LogP contribution < -0.4 is 0 Å². The van der Waals surface area contributed by atoms with Crippen molar-refractivity contribution in [1.29, 1.82) is 0 Å². The van der Waals surface area contributed by atoms with E-state index in [-0.39, 0.29) is 6.61 Å². The molecule has 6 nitrogen and oxygen atoms in total. The average Bonchev–Trinajstić information content (AvgIpc) is 2.81. The first-order valence-electron chi connectivity index (χ1n) is 7.50. The van der Waals surface area contributed by atoms with E-state index in [0.29, 0.717) is 0 Å². The van der Waals surface area contributed by atoms with Crippen molar-refractivity contribution in [3.05, 3.63) is 48.0 Å². The van der Waals surface area contributed by atoms with Crippen molar-refractivity contribution in [3.63, 3.8) is 0 Å². The first kappa shape index (κ1) is 16.3. The van der Waals surface area contributed by atoms with Crippen molar-refractivity contribution >= 4 is 0 Å². The molecular weight excluding hydrogens is 300 g/mol. The van der Waals surface area contributed by atoms with Crippen LogP contribution >= 0.6 is 0 Å². The Hall–Kier alpha value is -1.54. The van der Waals surface area contributed by atoms with Crippen LogP contribution in [0.1, 0.15) is 5.56 Å². The maximum absolute atomic E-state index is 9.93. The van der Waals surface area contributed by atoms with Crippen molar-refractivity contribution in [2.24, 2.45) is 0 Å². The molecule has 1 saturated heterocycles. The molecule has 0 aromatic heterocycles. The van der Waals surface area contributed by atoms with Crippen molar-refractivity contribution in [1.82, 2.24) is 0 Å². The predicted molar refractivity (Wildman–Crippen MR) is 81.6 cm³/mol. The van der Waals surface area contributed by atoms with E-state index in [1.807, 2.05) is 42.5 Å². The van der Waals surface area contributed by atoms with Gasteiger partial charge < -0.3 is 29.9 Å². The summed E-state index contributed by atoms with van der Waals surface area (Å²) in [6.45, 7) is -0.289. The summed E-state index contributed by atoms with van der Waals surface area (Å²) in [4.78, 5) is 0. The number of hydrogen-bond acceptors (Lipinski definition) is 6. The van der Waals surface area contributed by atoms with E-state index in [4.69, 9.17) is 14.6 Å². The maximum Gasteiger partial charge on any atom is 0.187 e. The zero-order valence-electron chi connectivity index (χ0n) is 12.4. The molecule has 2 aliphatic carbocycles. The molecule has 0 amide bonds. The van der Waals surface area contributed by atoms with Crippen molar-refractivity contribution in [2.75, 3.05) is 6.61 Å². The Bertz CT molecular complexity index is 585. The van der Waals surface area contributed by atoms with Gasteiger partial charge in [0.1, 0.15) is 24.4 Å². The summed E-state index contributed by atoms with van der Waals surface area (Å²) in [6, 6.07) is 13.8. The molecule has 0 bridgehead atoms. The Morgan fingerprint density at radius 3 is 2.17 bits per heavy atom. The Kier molecular flexibility index (Phi) is 4.91. The standard InChI is InChI=1S/C17H20O6/c18-8-13-14(19)15(20)16(21)17(23-13)22-9-10-6-11-4-2-1-3-5-12(11)7-10/h1-7,13-21H,8-9H2/t13-,14-,15+,16-,17-/m1/s1. The molecule has 1 fully saturated rings. The lowest BCUT2D eigenvalue weighted by Gasteiger charge is -2.39. The van der Waals surface area contributed by atoms with E-state index in [1.54, 1.807) is 0 Å². The van der Waals surface area contributed by atoms with Crippen LogP contribution in [0.25, 0.3) is 11.1 Å². The molecule has 0 aromatic rings. The Morgan fingerprint density at radius 1 is 0.913 bits per heavy atom. The summed E-state index contributed by atoms with van der Waals surface area (Å²) in [7, 11) is 0. The second-order valence-corrected chi connectivity index (χ2v) is 5.69. The molecule has 0 unspecified atom stereocenters. The SMILES string of the molecule is OC[C@H]1O[C@@H](OCc2cc3cccccc-3c2)[C@H](O)[C@@H](O)[C@@H]1O. The largest absolute Gasteiger partial charge is 0.394 e. The molecule has 0 radical (unpaired) electrons. The number of rotatable bonds is 4. The summed E-state index contributed by atoms with van der Waals surface area (Å²) in [5.41, 5.74) is 3.05. The van der Waals surface area contributed by atoms with Crippen LogP contribution in [0.3, 0.4) is 0 Å². The summed E-state index contributed by atoms with van der Waals surface area (Å²) in [5.74, 6) is 0. The molecule has 0 spiro atoms. The van der Waals surface area contributed by atoms with E-state index in [9.17, 15) is 15.3 Å². The molecule has 1 aliphatic heterocycles. The van der Waals surface area contributed by atoms with Gasteiger partial charge in [0, 0.05) is 0 Å². The highest BCUT2D eigenvalue weighted by molar-refractivity contribution is 5.67. The van der Waals surface area contributed by atoms with Crippen LogP contribution in [-0.4, -0.2) is 57.7 Å². The quantitative estimate of drug-likeness (QED) is 0.638. The first-order chi connectivity index (χ1) is 11.1. The van der Waals surface area contributed by atoms with Gasteiger partial charge in [-0.3, -0.25) is 0 Å². The lowest BCUT2D eigenvalue weighted by Crippen LogP contribution is -2.59. The van der Waals surface area contributed by atoms with E-state index >= 15 is 0 Å². The maximum atomic E-state index is 9.93. The minimum absolute atomic E-state index is 0.182. The third-order valence-corrected chi connectivity index (χ3v) is 4.05. The van der Waals surface area contributed by atoms with Crippen LogP contribution in [0.2, 0.25) is 0 Å². The van der Waals surface area contributed by atoms with Gasteiger partial charge in [-0.1, -0.05) is 30.3 Å². The molecule has 4 N–H and O–H groups in total. The summed E-state index contributed by atoms with van der Waals surface area (Å²) in [6.07, 6.45) is -6.26. The van der Waals surface area contributed by atoms with Gasteiger partial charge in [-0.2, -0.15) is 0 Å². The van der Waals surface area contributed by atoms with Crippen LogP contribution in [0.4, 0.5) is 0 Å². The van der Waals surface area contributed by atoms with Crippen LogP contribution in [0, 0.1) is 0 Å². The molecule has 1 heterocycles. The molecule has 5 atom stereocenters. The van der Waals surface area contributed by atoms with Gasteiger partial charge in [0.25, 0.3) is 0 Å². The third-order valence-electron chi connectivity index (χ3n) is 4.05. The van der Waals surface area contributed by atoms with Crippen molar-refractivity contribution < 1.29 is 29.9 Å². The van der Waals surface area contributed by atoms with E-state index in [1.165, 1.54) is 0 Å². The van der Waals surface area contributed by atoms with E-state index in [2.05, 4.69) is 0 Å². The molecule has 23 heavy (non-hydrogen) atoms. The number of hydrogen-bond donors (Lipinski definition) is 4. The zero-order chi connectivity index (χ0) is 16.4. The Morgan fingerprint density at radius 2 is 1.57 bits per heavy atom. The number of fused-ring (bicyclic) bond motifs is 1. The highest BCUT2D eigenvalue weighted by Gasteiger charge is 2.43. The molecule has 3 aliphatic rings. The Balaban J connectivity index is 1.68. The predicted octanol–water partition coefficient (Wildman–Crippen LogP) is 0.108. The molecule has 124 valence electrons. The second-order valence-electron chi connectivity index (χ2n) is 5.69. The molecule has 3 rings (SSSR count). The zero-order valence-corrected chi connectivity index (χ0v) is 12.4. The van der Waals surface area contributed by atoms with Crippen molar-refractivity contribution in [2.45, 2.75) is 37.3 Å². The first-order valence-corrected chi connectivity index (χ1v) is 7.50. The fraction of sp³-hybridized carbons (Fsp3) is 0.412. The van der Waals surface area contributed by atoms with E-state index in [0.717, 1.165) is 16.7 Å². The van der Waals surface area contributed by atoms with Gasteiger partial charge in [0.2, 0.25) is 0 Å². The monoisotopic (exact) mass is 320 g/mol. The van der Waals surface area contributed by atoms with Crippen molar-refractivity contribution in [3.8, 4) is 11.1 Å². The smallest absolute Gasteiger partial charge is 0.187 e. The van der Waals surface area contributed by atoms with E-state index < -0.39 is 37.3 Å². The van der Waals surface area contributed by atoms with Gasteiger partial charge in [0.05, 0.1) is 13.2 Å². The van der Waals surface area contributed by atoms with Crippen LogP contribution in [0.5, 0.6) is 0 Å². The van der Waals surface area contributed by atoms with Crippen LogP contribution in [-0.2, 0) is 16.1 Å². The number of ether oxygens (including phenoxy) is 2. The minimum atomic E-state index is -1.43. The average molecular weight is 320 g/mol. The highest BCUT2D eigenvalue weighted by atomic mass is 16.7. The van der Waals surface area contributed by atoms with Gasteiger partial charge in [-0.15, -0.1) is 0 Å². The topological polar surface area (TPSA) is 99.4 Å².